The van der Waals surface area contributed by atoms with Crippen molar-refractivity contribution in [3.05, 3.63) is 23.3 Å². The molecular formula is C17H22N2O4S. The molecule has 0 aromatic heterocycles. The number of hydrogen-bond donors (Lipinski definition) is 1. The van der Waals surface area contributed by atoms with Crippen molar-refractivity contribution in [3.63, 3.8) is 0 Å². The summed E-state index contributed by atoms with van der Waals surface area (Å²) >= 11 is 0. The van der Waals surface area contributed by atoms with Crippen LogP contribution in [-0.4, -0.2) is 40.1 Å². The van der Waals surface area contributed by atoms with Crippen LogP contribution in [0.3, 0.4) is 0 Å². The van der Waals surface area contributed by atoms with Crippen LogP contribution >= 0.6 is 0 Å². The van der Waals surface area contributed by atoms with E-state index in [0.717, 1.165) is 49.0 Å². The third-order valence-electron chi connectivity index (χ3n) is 5.08. The third kappa shape index (κ3) is 2.85. The van der Waals surface area contributed by atoms with Crippen molar-refractivity contribution >= 4 is 21.6 Å². The van der Waals surface area contributed by atoms with E-state index in [1.807, 2.05) is 4.90 Å². The summed E-state index contributed by atoms with van der Waals surface area (Å²) in [6.45, 7) is 1.76. The van der Waals surface area contributed by atoms with Gasteiger partial charge in [-0.1, -0.05) is 0 Å². The lowest BCUT2D eigenvalue weighted by Gasteiger charge is -2.35. The van der Waals surface area contributed by atoms with Crippen molar-refractivity contribution in [1.29, 1.82) is 0 Å². The lowest BCUT2D eigenvalue weighted by Crippen LogP contribution is -2.39. The molecule has 3 aliphatic rings. The first-order valence-corrected chi connectivity index (χ1v) is 10.1. The van der Waals surface area contributed by atoms with E-state index in [0.29, 0.717) is 30.9 Å². The number of aryl methyl sites for hydroxylation is 2. The number of amides is 1. The monoisotopic (exact) mass is 350 g/mol. The van der Waals surface area contributed by atoms with Crippen molar-refractivity contribution in [2.24, 2.45) is 0 Å². The molecule has 24 heavy (non-hydrogen) atoms. The number of rotatable bonds is 4. The standard InChI is InChI=1S/C17H22N2O4S/c20-16-6-5-13-10-15(9-12-3-1-7-19(16)17(12)13)24(21,22)18-11-14-4-2-8-23-14/h9-10,14,18H,1-8,11H2/t14-/m1/s1. The molecule has 1 amide bonds. The van der Waals surface area contributed by atoms with E-state index >= 15 is 0 Å². The largest absolute Gasteiger partial charge is 0.377 e. The van der Waals surface area contributed by atoms with Gasteiger partial charge in [-0.05, 0) is 55.4 Å². The molecule has 130 valence electrons. The molecule has 1 aromatic rings. The highest BCUT2D eigenvalue weighted by molar-refractivity contribution is 7.89. The molecule has 0 radical (unpaired) electrons. The van der Waals surface area contributed by atoms with Crippen molar-refractivity contribution in [2.45, 2.75) is 49.5 Å². The summed E-state index contributed by atoms with van der Waals surface area (Å²) in [6, 6.07) is 3.48. The maximum Gasteiger partial charge on any atom is 0.240 e. The van der Waals surface area contributed by atoms with Crippen LogP contribution in [0.2, 0.25) is 0 Å². The van der Waals surface area contributed by atoms with Gasteiger partial charge in [0.2, 0.25) is 15.9 Å². The first-order valence-electron chi connectivity index (χ1n) is 8.62. The fraction of sp³-hybridized carbons (Fsp3) is 0.588. The molecule has 0 spiro atoms. The van der Waals surface area contributed by atoms with Crippen molar-refractivity contribution in [3.8, 4) is 0 Å². The Bertz CT molecular complexity index is 752. The molecule has 1 N–H and O–H groups in total. The van der Waals surface area contributed by atoms with E-state index in [4.69, 9.17) is 4.74 Å². The molecule has 3 heterocycles. The fourth-order valence-electron chi connectivity index (χ4n) is 3.87. The SMILES string of the molecule is O=C1CCc2cc(S(=O)(=O)NC[C@H]3CCCO3)cc3c2N1CCC3. The second-order valence-corrected chi connectivity index (χ2v) is 8.49. The fourth-order valence-corrected chi connectivity index (χ4v) is 5.03. The summed E-state index contributed by atoms with van der Waals surface area (Å²) in [4.78, 5) is 14.2. The molecule has 1 fully saturated rings. The number of benzene rings is 1. The van der Waals surface area contributed by atoms with E-state index in [1.165, 1.54) is 0 Å². The Morgan fingerprint density at radius 1 is 1.17 bits per heavy atom. The second-order valence-electron chi connectivity index (χ2n) is 6.73. The lowest BCUT2D eigenvalue weighted by molar-refractivity contribution is -0.119. The van der Waals surface area contributed by atoms with Crippen molar-refractivity contribution < 1.29 is 17.9 Å². The number of carbonyl (C=O) groups is 1. The van der Waals surface area contributed by atoms with Crippen LogP contribution in [0.25, 0.3) is 0 Å². The number of sulfonamides is 1. The molecule has 1 atom stereocenters. The van der Waals surface area contributed by atoms with E-state index in [-0.39, 0.29) is 12.0 Å². The van der Waals surface area contributed by atoms with Gasteiger partial charge in [0.05, 0.1) is 16.7 Å². The minimum atomic E-state index is -3.55. The van der Waals surface area contributed by atoms with Gasteiger partial charge in [-0.3, -0.25) is 4.79 Å². The summed E-state index contributed by atoms with van der Waals surface area (Å²) in [5.74, 6) is 0.149. The zero-order chi connectivity index (χ0) is 16.7. The maximum absolute atomic E-state index is 12.7. The molecule has 7 heteroatoms. The molecular weight excluding hydrogens is 328 g/mol. The zero-order valence-electron chi connectivity index (χ0n) is 13.6. The number of anilines is 1. The third-order valence-corrected chi connectivity index (χ3v) is 6.49. The summed E-state index contributed by atoms with van der Waals surface area (Å²) < 4.78 is 33.5. The van der Waals surface area contributed by atoms with Crippen LogP contribution in [0.4, 0.5) is 5.69 Å². The van der Waals surface area contributed by atoms with Gasteiger partial charge in [0.15, 0.2) is 0 Å². The van der Waals surface area contributed by atoms with Gasteiger partial charge in [0.25, 0.3) is 0 Å². The van der Waals surface area contributed by atoms with Crippen LogP contribution in [0, 0.1) is 0 Å². The van der Waals surface area contributed by atoms with Gasteiger partial charge in [0.1, 0.15) is 0 Å². The highest BCUT2D eigenvalue weighted by Gasteiger charge is 2.31. The first kappa shape index (κ1) is 16.1. The Hall–Kier alpha value is -1.44. The van der Waals surface area contributed by atoms with Gasteiger partial charge in [-0.2, -0.15) is 0 Å². The molecule has 3 aliphatic heterocycles. The Morgan fingerprint density at radius 3 is 2.71 bits per heavy atom. The second kappa shape index (κ2) is 6.13. The number of nitrogens with zero attached hydrogens (tertiary/aromatic N) is 1. The van der Waals surface area contributed by atoms with Crippen LogP contribution < -0.4 is 9.62 Å². The van der Waals surface area contributed by atoms with E-state index in [9.17, 15) is 13.2 Å². The highest BCUT2D eigenvalue weighted by Crippen LogP contribution is 2.37. The lowest BCUT2D eigenvalue weighted by atomic mass is 9.92. The topological polar surface area (TPSA) is 75.7 Å². The van der Waals surface area contributed by atoms with Gasteiger partial charge < -0.3 is 9.64 Å². The van der Waals surface area contributed by atoms with Gasteiger partial charge in [0, 0.05) is 26.1 Å². The van der Waals surface area contributed by atoms with Crippen LogP contribution in [0.1, 0.15) is 36.8 Å². The molecule has 4 rings (SSSR count). The number of nitrogens with one attached hydrogen (secondary N) is 1. The highest BCUT2D eigenvalue weighted by atomic mass is 32.2. The minimum Gasteiger partial charge on any atom is -0.377 e. The normalized spacial score (nSPS) is 23.4. The molecule has 1 saturated heterocycles. The first-order chi connectivity index (χ1) is 11.5. The van der Waals surface area contributed by atoms with E-state index < -0.39 is 10.0 Å². The molecule has 0 saturated carbocycles. The number of hydrogen-bond acceptors (Lipinski definition) is 4. The summed E-state index contributed by atoms with van der Waals surface area (Å²) in [6.07, 6.45) is 4.64. The summed E-state index contributed by atoms with van der Waals surface area (Å²) in [5.41, 5.74) is 2.91. The molecule has 1 aromatic carbocycles. The maximum atomic E-state index is 12.7. The number of ether oxygens (including phenoxy) is 1. The van der Waals surface area contributed by atoms with Crippen molar-refractivity contribution in [1.82, 2.24) is 4.72 Å². The van der Waals surface area contributed by atoms with Crippen LogP contribution in [0.15, 0.2) is 17.0 Å². The molecule has 0 unspecified atom stereocenters. The van der Waals surface area contributed by atoms with Gasteiger partial charge in [-0.25, -0.2) is 13.1 Å². The summed E-state index contributed by atoms with van der Waals surface area (Å²) in [7, 11) is -3.55. The van der Waals surface area contributed by atoms with Gasteiger partial charge >= 0.3 is 0 Å². The Morgan fingerprint density at radius 2 is 1.96 bits per heavy atom. The van der Waals surface area contributed by atoms with E-state index in [2.05, 4.69) is 4.72 Å². The molecule has 6 nitrogen and oxygen atoms in total. The zero-order valence-corrected chi connectivity index (χ0v) is 14.4. The molecule has 0 bridgehead atoms. The van der Waals surface area contributed by atoms with Crippen molar-refractivity contribution in [2.75, 3.05) is 24.6 Å². The summed E-state index contributed by atoms with van der Waals surface area (Å²) in [5, 5.41) is 0. The average molecular weight is 350 g/mol. The number of carbonyl (C=O) groups excluding carboxylic acids is 1. The van der Waals surface area contributed by atoms with E-state index in [1.54, 1.807) is 12.1 Å². The predicted molar refractivity (Wildman–Crippen MR) is 89.6 cm³/mol. The Kier molecular flexibility index (Phi) is 4.10. The average Bonchev–Trinajstić information content (AvgIpc) is 3.10. The van der Waals surface area contributed by atoms with Gasteiger partial charge in [-0.15, -0.1) is 0 Å². The quantitative estimate of drug-likeness (QED) is 0.890. The Labute approximate surface area is 142 Å². The minimum absolute atomic E-state index is 0.0242. The smallest absolute Gasteiger partial charge is 0.240 e. The Balaban J connectivity index is 1.63. The molecule has 0 aliphatic carbocycles. The van der Waals surface area contributed by atoms with Crippen LogP contribution in [-0.2, 0) is 32.4 Å². The predicted octanol–water partition coefficient (Wildman–Crippen LogP) is 1.37. The van der Waals surface area contributed by atoms with Crippen LogP contribution in [0.5, 0.6) is 0 Å².